The molecule has 0 aliphatic carbocycles. The minimum Gasteiger partial charge on any atom is -0.494 e. The molecule has 1 amide bonds. The summed E-state index contributed by atoms with van der Waals surface area (Å²) in [5, 5.41) is 14.2. The third-order valence-corrected chi connectivity index (χ3v) is 8.07. The first-order valence-corrected chi connectivity index (χ1v) is 14.9. The Hall–Kier alpha value is -3.15. The van der Waals surface area contributed by atoms with Crippen molar-refractivity contribution in [1.82, 2.24) is 25.1 Å². The maximum atomic E-state index is 13.2. The number of likely N-dealkylation sites (tertiary alicyclic amines) is 1. The third-order valence-electron chi connectivity index (χ3n) is 8.07. The monoisotopic (exact) mass is 592 g/mol. The van der Waals surface area contributed by atoms with Crippen LogP contribution in [0.15, 0.2) is 29.4 Å². The molecule has 0 spiro atoms. The number of hydrogen-bond acceptors (Lipinski definition) is 7. The predicted octanol–water partition coefficient (Wildman–Crippen LogP) is 5.40. The Labute approximate surface area is 245 Å². The largest absolute Gasteiger partial charge is 0.494 e. The van der Waals surface area contributed by atoms with Crippen molar-refractivity contribution in [2.24, 2.45) is 10.5 Å². The van der Waals surface area contributed by atoms with Gasteiger partial charge in [-0.1, -0.05) is 32.9 Å². The molecule has 42 heavy (non-hydrogen) atoms. The fourth-order valence-electron chi connectivity index (χ4n) is 5.00. The molecule has 0 saturated carbocycles. The number of aryl methyl sites for hydroxylation is 1. The van der Waals surface area contributed by atoms with Crippen LogP contribution >= 0.6 is 0 Å². The zero-order chi connectivity index (χ0) is 30.3. The molecule has 1 aromatic heterocycles. The van der Waals surface area contributed by atoms with E-state index in [-0.39, 0.29) is 29.8 Å². The van der Waals surface area contributed by atoms with Crippen LogP contribution in [0, 0.1) is 5.41 Å². The van der Waals surface area contributed by atoms with Crippen LogP contribution in [-0.2, 0) is 22.1 Å². The number of hydrogen-bond donors (Lipinski definition) is 1. The molecule has 2 aliphatic rings. The normalized spacial score (nSPS) is 17.0. The molecule has 9 nitrogen and oxygen atoms in total. The first kappa shape index (κ1) is 31.8. The van der Waals surface area contributed by atoms with E-state index in [1.165, 1.54) is 5.56 Å². The summed E-state index contributed by atoms with van der Waals surface area (Å²) in [6.45, 7) is 11.0. The Morgan fingerprint density at radius 2 is 1.71 bits per heavy atom. The van der Waals surface area contributed by atoms with Gasteiger partial charge in [0.2, 0.25) is 5.91 Å². The lowest BCUT2D eigenvalue weighted by Crippen LogP contribution is -2.43. The second-order valence-electron chi connectivity index (χ2n) is 12.2. The Morgan fingerprint density at radius 1 is 1.02 bits per heavy atom. The molecule has 0 bridgehead atoms. The van der Waals surface area contributed by atoms with Gasteiger partial charge in [-0.2, -0.15) is 22.9 Å². The van der Waals surface area contributed by atoms with Crippen molar-refractivity contribution in [3.8, 4) is 5.75 Å². The standard InChI is InChI=1S/C30H43F3N6O3/c1-21(29(2,3)4)34-27(40)20-41-18-6-5-7-19-42-24-10-8-22(9-11-24)23-14-16-38(17-15-23)26-13-12-25-35-36-28(30(31,32)33)39(25)37-26/h8-11,21,23H,5-7,12-20H2,1-4H3,(H,34,40). The molecular weight excluding hydrogens is 549 g/mol. The van der Waals surface area contributed by atoms with Gasteiger partial charge in [0.05, 0.1) is 6.61 Å². The number of rotatable bonds is 11. The Kier molecular flexibility index (Phi) is 10.5. The summed E-state index contributed by atoms with van der Waals surface area (Å²) >= 11 is 0. The van der Waals surface area contributed by atoms with Crippen molar-refractivity contribution >= 4 is 11.7 Å². The third kappa shape index (κ3) is 8.68. The molecule has 2 aliphatic heterocycles. The van der Waals surface area contributed by atoms with E-state index in [2.05, 4.69) is 58.4 Å². The van der Waals surface area contributed by atoms with Gasteiger partial charge in [0.25, 0.3) is 5.82 Å². The average molecular weight is 593 g/mol. The number of benzene rings is 1. The van der Waals surface area contributed by atoms with Crippen LogP contribution < -0.4 is 10.1 Å². The number of nitrogens with one attached hydrogen (secondary N) is 1. The number of fused-ring (bicyclic) bond motifs is 1. The van der Waals surface area contributed by atoms with Crippen LogP contribution in [0.2, 0.25) is 0 Å². The minimum absolute atomic E-state index is 0.0161. The summed E-state index contributed by atoms with van der Waals surface area (Å²) < 4.78 is 52.0. The number of ether oxygens (including phenoxy) is 2. The predicted molar refractivity (Wildman–Crippen MR) is 153 cm³/mol. The van der Waals surface area contributed by atoms with E-state index >= 15 is 0 Å². The van der Waals surface area contributed by atoms with Crippen molar-refractivity contribution in [3.05, 3.63) is 41.5 Å². The molecule has 1 aromatic carbocycles. The molecule has 1 N–H and O–H groups in total. The molecular formula is C30H43F3N6O3. The molecule has 1 fully saturated rings. The van der Waals surface area contributed by atoms with Gasteiger partial charge in [0, 0.05) is 38.6 Å². The highest BCUT2D eigenvalue weighted by atomic mass is 19.4. The highest BCUT2D eigenvalue weighted by Crippen LogP contribution is 2.32. The second kappa shape index (κ2) is 13.9. The molecule has 4 rings (SSSR count). The fraction of sp³-hybridized carbons (Fsp3) is 0.667. The topological polar surface area (TPSA) is 93.9 Å². The van der Waals surface area contributed by atoms with Gasteiger partial charge < -0.3 is 19.7 Å². The molecule has 12 heteroatoms. The van der Waals surface area contributed by atoms with Crippen LogP contribution in [0.25, 0.3) is 0 Å². The maximum Gasteiger partial charge on any atom is 0.453 e. The number of unbranched alkanes of at least 4 members (excludes halogenated alkanes) is 2. The lowest BCUT2D eigenvalue weighted by Gasteiger charge is -2.35. The van der Waals surface area contributed by atoms with E-state index < -0.39 is 12.0 Å². The summed E-state index contributed by atoms with van der Waals surface area (Å²) in [5.41, 5.74) is 1.26. The van der Waals surface area contributed by atoms with Crippen LogP contribution in [0.3, 0.4) is 0 Å². The summed E-state index contributed by atoms with van der Waals surface area (Å²) in [6.07, 6.45) is 0.917. The van der Waals surface area contributed by atoms with Gasteiger partial charge in [-0.05, 0) is 68.1 Å². The number of halogens is 3. The first-order chi connectivity index (χ1) is 19.9. The van der Waals surface area contributed by atoms with E-state index in [9.17, 15) is 18.0 Å². The number of amides is 1. The molecule has 1 unspecified atom stereocenters. The number of nitrogens with zero attached hydrogens (tertiary/aromatic N) is 5. The number of aromatic nitrogens is 3. The van der Waals surface area contributed by atoms with Gasteiger partial charge in [0.15, 0.2) is 5.82 Å². The number of carbonyl (C=O) groups is 1. The average Bonchev–Trinajstić information content (AvgIpc) is 3.38. The molecule has 0 radical (unpaired) electrons. The van der Waals surface area contributed by atoms with Crippen LogP contribution in [0.5, 0.6) is 5.75 Å². The van der Waals surface area contributed by atoms with E-state index in [1.807, 2.05) is 19.1 Å². The molecule has 1 saturated heterocycles. The van der Waals surface area contributed by atoms with Crippen molar-refractivity contribution in [3.63, 3.8) is 0 Å². The van der Waals surface area contributed by atoms with Crippen LogP contribution in [0.1, 0.15) is 89.4 Å². The zero-order valence-corrected chi connectivity index (χ0v) is 25.0. The number of piperidine rings is 1. The van der Waals surface area contributed by atoms with Crippen molar-refractivity contribution in [2.45, 2.75) is 90.8 Å². The van der Waals surface area contributed by atoms with Crippen molar-refractivity contribution in [2.75, 3.05) is 32.9 Å². The van der Waals surface area contributed by atoms with Crippen molar-refractivity contribution in [1.29, 1.82) is 0 Å². The van der Waals surface area contributed by atoms with Crippen LogP contribution in [0.4, 0.5) is 13.2 Å². The van der Waals surface area contributed by atoms with Gasteiger partial charge in [-0.15, -0.1) is 10.2 Å². The summed E-state index contributed by atoms with van der Waals surface area (Å²) in [7, 11) is 0. The highest BCUT2D eigenvalue weighted by molar-refractivity contribution is 5.83. The SMILES string of the molecule is CC(NC(=O)COCCCCCOc1ccc(C2CCN(C3=Nn4c(nnc4C(F)(F)F)CC3)CC2)cc1)C(C)(C)C. The lowest BCUT2D eigenvalue weighted by molar-refractivity contribution is -0.147. The molecule has 1 atom stereocenters. The summed E-state index contributed by atoms with van der Waals surface area (Å²) in [6, 6.07) is 8.29. The van der Waals surface area contributed by atoms with Gasteiger partial charge in [-0.3, -0.25) is 4.79 Å². The number of amidine groups is 1. The molecule has 3 heterocycles. The van der Waals surface area contributed by atoms with E-state index in [0.717, 1.165) is 55.6 Å². The van der Waals surface area contributed by atoms with Gasteiger partial charge in [-0.25, -0.2) is 0 Å². The minimum atomic E-state index is -4.58. The Bertz CT molecular complexity index is 1200. The lowest BCUT2D eigenvalue weighted by atomic mass is 9.88. The molecule has 232 valence electrons. The Balaban J connectivity index is 1.11. The van der Waals surface area contributed by atoms with Crippen molar-refractivity contribution < 1.29 is 27.4 Å². The maximum absolute atomic E-state index is 13.2. The van der Waals surface area contributed by atoms with Crippen LogP contribution in [-0.4, -0.2) is 70.5 Å². The number of carbonyl (C=O) groups excluding carboxylic acids is 1. The van der Waals surface area contributed by atoms with E-state index in [4.69, 9.17) is 9.47 Å². The smallest absolute Gasteiger partial charge is 0.453 e. The molecule has 2 aromatic rings. The van der Waals surface area contributed by atoms with Gasteiger partial charge >= 0.3 is 6.18 Å². The zero-order valence-electron chi connectivity index (χ0n) is 25.0. The summed E-state index contributed by atoms with van der Waals surface area (Å²) in [5.74, 6) is 0.984. The second-order valence-corrected chi connectivity index (χ2v) is 12.2. The Morgan fingerprint density at radius 3 is 2.38 bits per heavy atom. The van der Waals surface area contributed by atoms with E-state index in [1.54, 1.807) is 0 Å². The fourth-order valence-corrected chi connectivity index (χ4v) is 5.00. The number of alkyl halides is 3. The first-order valence-electron chi connectivity index (χ1n) is 14.9. The summed E-state index contributed by atoms with van der Waals surface area (Å²) in [4.78, 5) is 14.1. The van der Waals surface area contributed by atoms with Gasteiger partial charge in [0.1, 0.15) is 18.2 Å². The van der Waals surface area contributed by atoms with E-state index in [0.29, 0.717) is 37.8 Å². The highest BCUT2D eigenvalue weighted by Gasteiger charge is 2.40. The quantitative estimate of drug-likeness (QED) is 0.351.